The van der Waals surface area contributed by atoms with Crippen molar-refractivity contribution < 1.29 is 14.3 Å². The highest BCUT2D eigenvalue weighted by atomic mass is 16.5. The molecule has 4 heteroatoms. The molecule has 0 aromatic heterocycles. The van der Waals surface area contributed by atoms with Crippen molar-refractivity contribution in [2.45, 2.75) is 51.9 Å². The van der Waals surface area contributed by atoms with Gasteiger partial charge in [-0.15, -0.1) is 0 Å². The number of ether oxygens (including phenoxy) is 1. The van der Waals surface area contributed by atoms with Crippen LogP contribution in [0.4, 0.5) is 0 Å². The van der Waals surface area contributed by atoms with Crippen molar-refractivity contribution in [3.8, 4) is 0 Å². The first-order valence-corrected chi connectivity index (χ1v) is 11.0. The van der Waals surface area contributed by atoms with Crippen molar-refractivity contribution in [3.63, 3.8) is 0 Å². The highest BCUT2D eigenvalue weighted by molar-refractivity contribution is 6.04. The van der Waals surface area contributed by atoms with Crippen LogP contribution in [0, 0.1) is 6.92 Å². The molecule has 0 spiro atoms. The lowest BCUT2D eigenvalue weighted by molar-refractivity contribution is -0.139. The van der Waals surface area contributed by atoms with E-state index in [2.05, 4.69) is 23.5 Å². The van der Waals surface area contributed by atoms with E-state index >= 15 is 0 Å². The lowest BCUT2D eigenvalue weighted by atomic mass is 9.71. The standard InChI is InChI=1S/C27H29NO3/c1-4-13-31-27(30)24-18(3)28-22-15-21(19-10-6-5-7-11-19)16-23(29)26(22)25(24)20-12-8-9-17(2)14-20/h5-12,14,21,25,28H,4,13,15-16H2,1-3H3. The van der Waals surface area contributed by atoms with Gasteiger partial charge in [-0.3, -0.25) is 4.79 Å². The van der Waals surface area contributed by atoms with Crippen molar-refractivity contribution in [3.05, 3.63) is 93.8 Å². The second-order valence-electron chi connectivity index (χ2n) is 8.48. The van der Waals surface area contributed by atoms with Crippen LogP contribution in [0.1, 0.15) is 61.6 Å². The summed E-state index contributed by atoms with van der Waals surface area (Å²) in [7, 11) is 0. The van der Waals surface area contributed by atoms with Gasteiger partial charge in [-0.2, -0.15) is 0 Å². The summed E-state index contributed by atoms with van der Waals surface area (Å²) in [5.74, 6) is -0.505. The van der Waals surface area contributed by atoms with Gasteiger partial charge in [0.25, 0.3) is 0 Å². The number of hydrogen-bond donors (Lipinski definition) is 1. The third kappa shape index (κ3) is 4.20. The number of ketones is 1. The number of esters is 1. The first kappa shape index (κ1) is 21.1. The lowest BCUT2D eigenvalue weighted by Crippen LogP contribution is -2.36. The zero-order valence-corrected chi connectivity index (χ0v) is 18.4. The van der Waals surface area contributed by atoms with Gasteiger partial charge in [0, 0.05) is 29.3 Å². The summed E-state index contributed by atoms with van der Waals surface area (Å²) in [5, 5.41) is 3.41. The van der Waals surface area contributed by atoms with Crippen LogP contribution in [0.2, 0.25) is 0 Å². The van der Waals surface area contributed by atoms with E-state index in [1.54, 1.807) is 0 Å². The number of carbonyl (C=O) groups is 2. The van der Waals surface area contributed by atoms with E-state index in [-0.39, 0.29) is 17.7 Å². The smallest absolute Gasteiger partial charge is 0.336 e. The Labute approximate surface area is 184 Å². The largest absolute Gasteiger partial charge is 0.462 e. The van der Waals surface area contributed by atoms with Gasteiger partial charge in [0.15, 0.2) is 5.78 Å². The van der Waals surface area contributed by atoms with Gasteiger partial charge in [-0.25, -0.2) is 4.79 Å². The molecule has 2 unspecified atom stereocenters. The average molecular weight is 416 g/mol. The summed E-state index contributed by atoms with van der Waals surface area (Å²) in [6.07, 6.45) is 1.96. The number of allylic oxidation sites excluding steroid dienone is 3. The minimum Gasteiger partial charge on any atom is -0.462 e. The minimum atomic E-state index is -0.398. The molecule has 4 rings (SSSR count). The van der Waals surface area contributed by atoms with Crippen LogP contribution in [0.15, 0.2) is 77.1 Å². The van der Waals surface area contributed by atoms with E-state index in [9.17, 15) is 9.59 Å². The third-order valence-corrected chi connectivity index (χ3v) is 6.13. The summed E-state index contributed by atoms with van der Waals surface area (Å²) < 4.78 is 5.52. The SMILES string of the molecule is CCCOC(=O)C1=C(C)NC2=C(C(=O)CC(c3ccccc3)C2)C1c1cccc(C)c1. The molecule has 0 saturated carbocycles. The average Bonchev–Trinajstić information content (AvgIpc) is 2.77. The summed E-state index contributed by atoms with van der Waals surface area (Å²) in [5.41, 5.74) is 6.20. The van der Waals surface area contributed by atoms with Crippen molar-refractivity contribution in [2.24, 2.45) is 0 Å². The van der Waals surface area contributed by atoms with Gasteiger partial charge in [0.05, 0.1) is 12.2 Å². The number of aryl methyl sites for hydroxylation is 1. The fourth-order valence-corrected chi connectivity index (χ4v) is 4.73. The Bertz CT molecular complexity index is 1060. The van der Waals surface area contributed by atoms with Crippen molar-refractivity contribution in [1.29, 1.82) is 0 Å². The van der Waals surface area contributed by atoms with Gasteiger partial charge < -0.3 is 10.1 Å². The topological polar surface area (TPSA) is 55.4 Å². The summed E-state index contributed by atoms with van der Waals surface area (Å²) in [4.78, 5) is 26.5. The number of rotatable bonds is 5. The van der Waals surface area contributed by atoms with Crippen molar-refractivity contribution >= 4 is 11.8 Å². The number of hydrogen-bond acceptors (Lipinski definition) is 4. The molecule has 0 saturated heterocycles. The molecule has 1 aliphatic heterocycles. The van der Waals surface area contributed by atoms with E-state index < -0.39 is 5.92 Å². The predicted octanol–water partition coefficient (Wildman–Crippen LogP) is 5.31. The maximum Gasteiger partial charge on any atom is 0.336 e. The Morgan fingerprint density at radius 3 is 2.48 bits per heavy atom. The van der Waals surface area contributed by atoms with Crippen LogP contribution in [-0.2, 0) is 14.3 Å². The second-order valence-corrected chi connectivity index (χ2v) is 8.48. The van der Waals surface area contributed by atoms with E-state index in [1.165, 1.54) is 5.56 Å². The van der Waals surface area contributed by atoms with Crippen molar-refractivity contribution in [2.75, 3.05) is 6.61 Å². The zero-order valence-electron chi connectivity index (χ0n) is 18.4. The number of benzene rings is 2. The highest BCUT2D eigenvalue weighted by Crippen LogP contribution is 2.45. The molecule has 160 valence electrons. The maximum atomic E-state index is 13.5. The Balaban J connectivity index is 1.79. The van der Waals surface area contributed by atoms with Gasteiger partial charge in [0.2, 0.25) is 0 Å². The molecular weight excluding hydrogens is 386 g/mol. The molecule has 1 aliphatic carbocycles. The Morgan fingerprint density at radius 2 is 1.77 bits per heavy atom. The highest BCUT2D eigenvalue weighted by Gasteiger charge is 2.41. The second kappa shape index (κ2) is 8.93. The van der Waals surface area contributed by atoms with Gasteiger partial charge in [-0.05, 0) is 43.7 Å². The summed E-state index contributed by atoms with van der Waals surface area (Å²) in [6, 6.07) is 18.3. The lowest BCUT2D eigenvalue weighted by Gasteiger charge is -2.36. The van der Waals surface area contributed by atoms with Crippen LogP contribution in [-0.4, -0.2) is 18.4 Å². The molecule has 2 atom stereocenters. The predicted molar refractivity (Wildman–Crippen MR) is 121 cm³/mol. The minimum absolute atomic E-state index is 0.0994. The molecule has 2 aromatic rings. The molecule has 1 N–H and O–H groups in total. The number of nitrogens with one attached hydrogen (secondary N) is 1. The molecule has 0 amide bonds. The zero-order chi connectivity index (χ0) is 22.0. The molecule has 0 bridgehead atoms. The first-order chi connectivity index (χ1) is 15.0. The van der Waals surface area contributed by atoms with E-state index in [0.29, 0.717) is 24.2 Å². The Hall–Kier alpha value is -3.14. The van der Waals surface area contributed by atoms with Gasteiger partial charge in [-0.1, -0.05) is 67.1 Å². The van der Waals surface area contributed by atoms with Gasteiger partial charge >= 0.3 is 5.97 Å². The molecule has 31 heavy (non-hydrogen) atoms. The maximum absolute atomic E-state index is 13.5. The summed E-state index contributed by atoms with van der Waals surface area (Å²) >= 11 is 0. The molecule has 2 aromatic carbocycles. The van der Waals surface area contributed by atoms with E-state index in [0.717, 1.165) is 35.4 Å². The molecule has 0 fully saturated rings. The number of carbonyl (C=O) groups excluding carboxylic acids is 2. The Kier molecular flexibility index (Phi) is 6.08. The monoisotopic (exact) mass is 415 g/mol. The molecular formula is C27H29NO3. The van der Waals surface area contributed by atoms with E-state index in [1.807, 2.05) is 57.2 Å². The van der Waals surface area contributed by atoms with Crippen LogP contribution >= 0.6 is 0 Å². The van der Waals surface area contributed by atoms with Crippen LogP contribution in [0.25, 0.3) is 0 Å². The van der Waals surface area contributed by atoms with Crippen LogP contribution in [0.3, 0.4) is 0 Å². The molecule has 4 nitrogen and oxygen atoms in total. The Morgan fingerprint density at radius 1 is 1.03 bits per heavy atom. The fourth-order valence-electron chi connectivity index (χ4n) is 4.73. The van der Waals surface area contributed by atoms with Crippen molar-refractivity contribution in [1.82, 2.24) is 5.32 Å². The normalized spacial score (nSPS) is 20.9. The fraction of sp³-hybridized carbons (Fsp3) is 0.333. The van der Waals surface area contributed by atoms with Crippen LogP contribution in [0.5, 0.6) is 0 Å². The third-order valence-electron chi connectivity index (χ3n) is 6.13. The van der Waals surface area contributed by atoms with Crippen LogP contribution < -0.4 is 5.32 Å². The number of Topliss-reactive ketones (excluding diaryl/α,β-unsaturated/α-hetero) is 1. The molecule has 0 radical (unpaired) electrons. The first-order valence-electron chi connectivity index (χ1n) is 11.0. The molecule has 2 aliphatic rings. The quantitative estimate of drug-likeness (QED) is 0.673. The summed E-state index contributed by atoms with van der Waals surface area (Å²) in [6.45, 7) is 6.28. The molecule has 1 heterocycles. The van der Waals surface area contributed by atoms with Gasteiger partial charge in [0.1, 0.15) is 0 Å². The van der Waals surface area contributed by atoms with E-state index in [4.69, 9.17) is 4.74 Å². The number of dihydropyridines is 1.